The number of hydrogen-bond donors (Lipinski definition) is 1. The lowest BCUT2D eigenvalue weighted by molar-refractivity contribution is 0.388. The number of aromatic amines is 1. The van der Waals surface area contributed by atoms with E-state index in [1.165, 1.54) is 0 Å². The van der Waals surface area contributed by atoms with Crippen molar-refractivity contribution in [2.45, 2.75) is 0 Å². The number of halogens is 1. The SMILES string of the molecule is O=c1[nH]c(-c2ccc(-c3nnc(-c4ccc(Cl)cc4)o3)cc2)no1. The van der Waals surface area contributed by atoms with Crippen molar-refractivity contribution >= 4 is 11.6 Å². The third kappa shape index (κ3) is 2.72. The van der Waals surface area contributed by atoms with Gasteiger partial charge in [-0.05, 0) is 36.4 Å². The Balaban J connectivity index is 1.62. The number of aromatic nitrogens is 4. The summed E-state index contributed by atoms with van der Waals surface area (Å²) >= 11 is 5.87. The molecule has 24 heavy (non-hydrogen) atoms. The Morgan fingerprint density at radius 1 is 0.833 bits per heavy atom. The number of benzene rings is 2. The Hall–Kier alpha value is -3.19. The van der Waals surface area contributed by atoms with Crippen LogP contribution in [-0.4, -0.2) is 20.3 Å². The molecule has 0 saturated heterocycles. The van der Waals surface area contributed by atoms with Crippen molar-refractivity contribution in [2.24, 2.45) is 0 Å². The summed E-state index contributed by atoms with van der Waals surface area (Å²) in [6, 6.07) is 14.3. The zero-order chi connectivity index (χ0) is 16.5. The summed E-state index contributed by atoms with van der Waals surface area (Å²) < 4.78 is 10.2. The molecule has 1 N–H and O–H groups in total. The van der Waals surface area contributed by atoms with Crippen molar-refractivity contribution in [3.63, 3.8) is 0 Å². The standard InChI is InChI=1S/C16H9ClN4O3/c17-12-7-5-11(6-8-12)15-20-19-14(23-15)10-3-1-9(2-4-10)13-18-16(22)24-21-13/h1-8H,(H,18,21,22). The van der Waals surface area contributed by atoms with Gasteiger partial charge in [-0.25, -0.2) is 4.79 Å². The van der Waals surface area contributed by atoms with E-state index in [4.69, 9.17) is 16.0 Å². The predicted molar refractivity (Wildman–Crippen MR) is 86.3 cm³/mol. The Bertz CT molecular complexity index is 1030. The maximum Gasteiger partial charge on any atom is 0.439 e. The molecule has 2 aromatic heterocycles. The van der Waals surface area contributed by atoms with Gasteiger partial charge in [0.1, 0.15) is 0 Å². The molecular weight excluding hydrogens is 332 g/mol. The molecule has 4 aromatic rings. The quantitative estimate of drug-likeness (QED) is 0.613. The summed E-state index contributed by atoms with van der Waals surface area (Å²) in [4.78, 5) is 13.5. The normalized spacial score (nSPS) is 10.9. The van der Waals surface area contributed by atoms with E-state index in [0.717, 1.165) is 11.1 Å². The third-order valence-electron chi connectivity index (χ3n) is 3.36. The van der Waals surface area contributed by atoms with E-state index >= 15 is 0 Å². The van der Waals surface area contributed by atoms with Gasteiger partial charge in [0.2, 0.25) is 11.8 Å². The van der Waals surface area contributed by atoms with Gasteiger partial charge in [-0.1, -0.05) is 28.9 Å². The molecule has 2 aromatic carbocycles. The van der Waals surface area contributed by atoms with Gasteiger partial charge in [-0.2, -0.15) is 0 Å². The Morgan fingerprint density at radius 2 is 1.38 bits per heavy atom. The first kappa shape index (κ1) is 14.4. The molecule has 0 atom stereocenters. The second-order valence-corrected chi connectivity index (χ2v) is 5.38. The molecule has 0 unspecified atom stereocenters. The van der Waals surface area contributed by atoms with E-state index in [2.05, 4.69) is 24.9 Å². The molecule has 0 aliphatic rings. The van der Waals surface area contributed by atoms with Gasteiger partial charge in [0.25, 0.3) is 0 Å². The van der Waals surface area contributed by atoms with E-state index < -0.39 is 5.76 Å². The van der Waals surface area contributed by atoms with Crippen LogP contribution in [0.5, 0.6) is 0 Å². The second kappa shape index (κ2) is 5.78. The number of rotatable bonds is 3. The van der Waals surface area contributed by atoms with Crippen LogP contribution < -0.4 is 5.76 Å². The zero-order valence-corrected chi connectivity index (χ0v) is 12.8. The van der Waals surface area contributed by atoms with Gasteiger partial charge in [-0.3, -0.25) is 9.51 Å². The number of nitrogens with zero attached hydrogens (tertiary/aromatic N) is 3. The van der Waals surface area contributed by atoms with Crippen LogP contribution >= 0.6 is 11.6 Å². The largest absolute Gasteiger partial charge is 0.439 e. The molecule has 0 fully saturated rings. The van der Waals surface area contributed by atoms with Crippen LogP contribution in [0.3, 0.4) is 0 Å². The van der Waals surface area contributed by atoms with E-state index in [1.54, 1.807) is 36.4 Å². The highest BCUT2D eigenvalue weighted by molar-refractivity contribution is 6.30. The first-order valence-electron chi connectivity index (χ1n) is 6.95. The van der Waals surface area contributed by atoms with Crippen LogP contribution in [0.4, 0.5) is 0 Å². The van der Waals surface area contributed by atoms with Gasteiger partial charge in [0, 0.05) is 21.7 Å². The molecular formula is C16H9ClN4O3. The molecule has 118 valence electrons. The molecule has 0 bridgehead atoms. The van der Waals surface area contributed by atoms with Crippen molar-refractivity contribution in [3.8, 4) is 34.3 Å². The van der Waals surface area contributed by atoms with Crippen LogP contribution in [0.15, 0.2) is 62.3 Å². The van der Waals surface area contributed by atoms with E-state index in [-0.39, 0.29) is 0 Å². The fourth-order valence-electron chi connectivity index (χ4n) is 2.17. The molecule has 0 spiro atoms. The Kier molecular flexibility index (Phi) is 3.47. The first-order valence-corrected chi connectivity index (χ1v) is 7.33. The van der Waals surface area contributed by atoms with E-state index in [0.29, 0.717) is 28.2 Å². The Labute approximate surface area is 139 Å². The summed E-state index contributed by atoms with van der Waals surface area (Å²) in [5.41, 5.74) is 2.24. The highest BCUT2D eigenvalue weighted by Crippen LogP contribution is 2.26. The summed E-state index contributed by atoms with van der Waals surface area (Å²) in [5, 5.41) is 12.4. The molecule has 0 aliphatic heterocycles. The van der Waals surface area contributed by atoms with Crippen LogP contribution in [-0.2, 0) is 0 Å². The Morgan fingerprint density at radius 3 is 1.92 bits per heavy atom. The van der Waals surface area contributed by atoms with E-state index in [1.807, 2.05) is 12.1 Å². The predicted octanol–water partition coefficient (Wildman–Crippen LogP) is 3.40. The maximum atomic E-state index is 11.0. The monoisotopic (exact) mass is 340 g/mol. The van der Waals surface area contributed by atoms with Crippen molar-refractivity contribution in [1.82, 2.24) is 20.3 Å². The van der Waals surface area contributed by atoms with Crippen LogP contribution in [0.25, 0.3) is 34.3 Å². The van der Waals surface area contributed by atoms with Gasteiger partial charge >= 0.3 is 5.76 Å². The van der Waals surface area contributed by atoms with Crippen LogP contribution in [0, 0.1) is 0 Å². The minimum Gasteiger partial charge on any atom is -0.416 e. The van der Waals surface area contributed by atoms with Gasteiger partial charge in [0.05, 0.1) is 0 Å². The minimum atomic E-state index is -0.599. The fraction of sp³-hybridized carbons (Fsp3) is 0. The lowest BCUT2D eigenvalue weighted by Crippen LogP contribution is -1.94. The number of hydrogen-bond acceptors (Lipinski definition) is 6. The number of nitrogens with one attached hydrogen (secondary N) is 1. The molecule has 0 amide bonds. The van der Waals surface area contributed by atoms with Crippen LogP contribution in [0.2, 0.25) is 5.02 Å². The summed E-state index contributed by atoms with van der Waals surface area (Å²) in [5.74, 6) is 0.559. The summed E-state index contributed by atoms with van der Waals surface area (Å²) in [6.45, 7) is 0. The van der Waals surface area contributed by atoms with Crippen molar-refractivity contribution in [3.05, 3.63) is 64.1 Å². The van der Waals surface area contributed by atoms with Crippen LogP contribution in [0.1, 0.15) is 0 Å². The van der Waals surface area contributed by atoms with Gasteiger partial charge < -0.3 is 4.42 Å². The van der Waals surface area contributed by atoms with Crippen molar-refractivity contribution in [2.75, 3.05) is 0 Å². The third-order valence-corrected chi connectivity index (χ3v) is 3.61. The average molecular weight is 341 g/mol. The molecule has 2 heterocycles. The molecule has 7 nitrogen and oxygen atoms in total. The lowest BCUT2D eigenvalue weighted by Gasteiger charge is -1.97. The van der Waals surface area contributed by atoms with Gasteiger partial charge in [0.15, 0.2) is 5.82 Å². The fourth-order valence-corrected chi connectivity index (χ4v) is 2.30. The smallest absolute Gasteiger partial charge is 0.416 e. The lowest BCUT2D eigenvalue weighted by atomic mass is 10.1. The van der Waals surface area contributed by atoms with E-state index in [9.17, 15) is 4.79 Å². The zero-order valence-electron chi connectivity index (χ0n) is 12.1. The molecule has 8 heteroatoms. The summed E-state index contributed by atoms with van der Waals surface area (Å²) in [6.07, 6.45) is 0. The molecule has 0 aliphatic carbocycles. The molecule has 4 rings (SSSR count). The molecule has 0 radical (unpaired) electrons. The van der Waals surface area contributed by atoms with Gasteiger partial charge in [-0.15, -0.1) is 10.2 Å². The first-order chi connectivity index (χ1) is 11.7. The number of H-pyrrole nitrogens is 1. The van der Waals surface area contributed by atoms with Crippen molar-refractivity contribution in [1.29, 1.82) is 0 Å². The second-order valence-electron chi connectivity index (χ2n) is 4.94. The minimum absolute atomic E-state index is 0.360. The average Bonchev–Trinajstić information content (AvgIpc) is 3.25. The summed E-state index contributed by atoms with van der Waals surface area (Å²) in [7, 11) is 0. The molecule has 0 saturated carbocycles. The topological polar surface area (TPSA) is 97.8 Å². The maximum absolute atomic E-state index is 11.0. The highest BCUT2D eigenvalue weighted by Gasteiger charge is 2.11. The highest BCUT2D eigenvalue weighted by atomic mass is 35.5. The van der Waals surface area contributed by atoms with Crippen molar-refractivity contribution < 1.29 is 8.94 Å².